The Bertz CT molecular complexity index is 1900. The van der Waals surface area contributed by atoms with Crippen LogP contribution in [0, 0.1) is 28.7 Å². The summed E-state index contributed by atoms with van der Waals surface area (Å²) in [5.41, 5.74) is 1.35. The molecular formula is C36H41F4N2O6S+. The van der Waals surface area contributed by atoms with E-state index in [0.717, 1.165) is 16.8 Å². The second-order valence-corrected chi connectivity index (χ2v) is 14.8. The minimum Gasteiger partial charge on any atom is -0.481 e. The van der Waals surface area contributed by atoms with Crippen molar-refractivity contribution in [3.05, 3.63) is 88.7 Å². The largest absolute Gasteiger partial charge is 0.481 e. The Kier molecular flexibility index (Phi) is 11.6. The summed E-state index contributed by atoms with van der Waals surface area (Å²) < 4.78 is 99.6. The number of hydrogen-bond acceptors (Lipinski definition) is 5. The number of ether oxygens (including phenoxy) is 1. The van der Waals surface area contributed by atoms with E-state index in [1.54, 1.807) is 18.2 Å². The maximum Gasteiger partial charge on any atom is 0.303 e. The van der Waals surface area contributed by atoms with E-state index in [0.29, 0.717) is 30.8 Å². The number of carboxylic acids is 1. The van der Waals surface area contributed by atoms with E-state index in [1.807, 2.05) is 64.0 Å². The quantitative estimate of drug-likeness (QED) is 0.0542. The van der Waals surface area contributed by atoms with Crippen molar-refractivity contribution in [2.24, 2.45) is 5.41 Å². The molecule has 0 unspecified atom stereocenters. The molecule has 4 rings (SSSR count). The second kappa shape index (κ2) is 15.1. The smallest absolute Gasteiger partial charge is 0.303 e. The Morgan fingerprint density at radius 3 is 2.33 bits per heavy atom. The summed E-state index contributed by atoms with van der Waals surface area (Å²) in [6.07, 6.45) is 9.16. The van der Waals surface area contributed by atoms with Gasteiger partial charge in [-0.1, -0.05) is 39.0 Å². The third-order valence-corrected chi connectivity index (χ3v) is 8.95. The van der Waals surface area contributed by atoms with Crippen molar-refractivity contribution in [3.8, 4) is 5.75 Å². The van der Waals surface area contributed by atoms with Gasteiger partial charge in [0.1, 0.15) is 23.6 Å². The van der Waals surface area contributed by atoms with Crippen molar-refractivity contribution >= 4 is 44.3 Å². The molecule has 0 saturated carbocycles. The molecule has 0 saturated heterocycles. The van der Waals surface area contributed by atoms with Gasteiger partial charge < -0.3 is 14.7 Å². The van der Waals surface area contributed by atoms with Crippen molar-refractivity contribution in [2.75, 3.05) is 31.3 Å². The third kappa shape index (κ3) is 8.87. The first kappa shape index (κ1) is 37.6. The Labute approximate surface area is 284 Å². The summed E-state index contributed by atoms with van der Waals surface area (Å²) in [6.45, 7) is 6.04. The van der Waals surface area contributed by atoms with Crippen LogP contribution in [0.2, 0.25) is 0 Å². The third-order valence-electron chi connectivity index (χ3n) is 8.14. The van der Waals surface area contributed by atoms with Crippen LogP contribution in [0.3, 0.4) is 0 Å². The SMILES string of the molecule is CN(C)c1ccc2c(c1)OC(C(C)(C)C)=C/C2=C\C=C\C1=[N+](CCCCCC(=O)O)c2c(F)c(F)c(F)c(F)c2/C1=C\CCCS(=O)(=O)O. The van der Waals surface area contributed by atoms with E-state index in [2.05, 4.69) is 0 Å². The standard InChI is InChI=1S/C36H40F4N2O6S/c1-36(2,3)28-20-22(24-17-16-23(41(4)5)21-27(24)48-28)12-11-14-26-25(13-8-10-19-49(45,46)47)30-31(37)32(38)33(39)34(40)35(30)42(26)18-9-6-7-15-29(43)44/h11-14,16-17,20-21H,6-10,15,18-19H2,1-5H3,(H-,43,44,45,46,47)/p+1/b25-13-. The van der Waals surface area contributed by atoms with Crippen molar-refractivity contribution in [1.29, 1.82) is 0 Å². The van der Waals surface area contributed by atoms with Crippen LogP contribution in [0.5, 0.6) is 5.75 Å². The zero-order chi connectivity index (χ0) is 36.3. The topological polar surface area (TPSA) is 107 Å². The first-order valence-electron chi connectivity index (χ1n) is 15.9. The van der Waals surface area contributed by atoms with Crippen LogP contribution in [0.15, 0.2) is 54.3 Å². The van der Waals surface area contributed by atoms with Crippen LogP contribution < -0.4 is 9.64 Å². The number of carbonyl (C=O) groups is 1. The molecule has 2 aliphatic heterocycles. The fourth-order valence-corrected chi connectivity index (χ4v) is 6.13. The zero-order valence-electron chi connectivity index (χ0n) is 28.1. The maximum absolute atomic E-state index is 15.5. The second-order valence-electron chi connectivity index (χ2n) is 13.2. The molecule has 0 fully saturated rings. The summed E-state index contributed by atoms with van der Waals surface area (Å²) in [7, 11) is -0.475. The number of halogens is 4. The molecule has 2 aromatic rings. The number of unbranched alkanes of at least 4 members (excludes halogenated alkanes) is 3. The summed E-state index contributed by atoms with van der Waals surface area (Å²) in [6, 6.07) is 5.77. The van der Waals surface area contributed by atoms with Gasteiger partial charge in [0, 0.05) is 55.7 Å². The average Bonchev–Trinajstić information content (AvgIpc) is 3.32. The zero-order valence-corrected chi connectivity index (χ0v) is 28.9. The molecule has 2 heterocycles. The van der Waals surface area contributed by atoms with E-state index >= 15 is 8.78 Å². The highest BCUT2D eigenvalue weighted by atomic mass is 32.2. The van der Waals surface area contributed by atoms with Gasteiger partial charge >= 0.3 is 5.97 Å². The van der Waals surface area contributed by atoms with E-state index in [-0.39, 0.29) is 42.5 Å². The molecule has 0 atom stereocenters. The molecule has 0 spiro atoms. The van der Waals surface area contributed by atoms with Crippen LogP contribution in [0.1, 0.15) is 70.4 Å². The Morgan fingerprint density at radius 2 is 1.69 bits per heavy atom. The van der Waals surface area contributed by atoms with Gasteiger partial charge in [-0.3, -0.25) is 9.35 Å². The number of benzene rings is 2. The minimum absolute atomic E-state index is 0.0178. The van der Waals surface area contributed by atoms with Gasteiger partial charge in [-0.15, -0.1) is 0 Å². The van der Waals surface area contributed by atoms with Gasteiger partial charge in [-0.05, 0) is 49.5 Å². The molecule has 2 aliphatic rings. The maximum atomic E-state index is 15.5. The highest BCUT2D eigenvalue weighted by Crippen LogP contribution is 2.43. The van der Waals surface area contributed by atoms with Crippen LogP contribution in [-0.4, -0.2) is 60.7 Å². The van der Waals surface area contributed by atoms with E-state index in [9.17, 15) is 26.5 Å². The van der Waals surface area contributed by atoms with E-state index in [4.69, 9.17) is 9.84 Å². The van der Waals surface area contributed by atoms with Crippen LogP contribution >= 0.6 is 0 Å². The van der Waals surface area contributed by atoms with Crippen molar-refractivity contribution in [2.45, 2.75) is 59.3 Å². The van der Waals surface area contributed by atoms with Crippen molar-refractivity contribution < 1.29 is 49.7 Å². The lowest BCUT2D eigenvalue weighted by Crippen LogP contribution is -2.18. The molecule has 49 heavy (non-hydrogen) atoms. The molecule has 13 heteroatoms. The number of hydrogen-bond donors (Lipinski definition) is 2. The molecular weight excluding hydrogens is 664 g/mol. The highest BCUT2D eigenvalue weighted by molar-refractivity contribution is 7.85. The van der Waals surface area contributed by atoms with E-state index in [1.165, 1.54) is 10.7 Å². The molecule has 0 amide bonds. The first-order valence-corrected chi connectivity index (χ1v) is 17.5. The Hall–Kier alpha value is -4.23. The van der Waals surface area contributed by atoms with Gasteiger partial charge in [0.05, 0.1) is 11.3 Å². The van der Waals surface area contributed by atoms with Gasteiger partial charge in [0.25, 0.3) is 15.8 Å². The van der Waals surface area contributed by atoms with Gasteiger partial charge in [-0.2, -0.15) is 17.4 Å². The molecule has 0 bridgehead atoms. The summed E-state index contributed by atoms with van der Waals surface area (Å²) in [4.78, 5) is 12.9. The predicted molar refractivity (Wildman–Crippen MR) is 182 cm³/mol. The number of rotatable bonds is 13. The van der Waals surface area contributed by atoms with Gasteiger partial charge in [-0.25, -0.2) is 13.2 Å². The molecule has 0 aromatic heterocycles. The highest BCUT2D eigenvalue weighted by Gasteiger charge is 2.42. The Morgan fingerprint density at radius 1 is 1.00 bits per heavy atom. The normalized spacial score (nSPS) is 16.3. The lowest BCUT2D eigenvalue weighted by atomic mass is 9.89. The number of allylic oxidation sites excluding steroid dienone is 8. The first-order chi connectivity index (χ1) is 22.9. The fraction of sp³-hybridized carbons (Fsp3) is 0.389. The fourth-order valence-electron chi connectivity index (χ4n) is 5.60. The van der Waals surface area contributed by atoms with Crippen molar-refractivity contribution in [3.63, 3.8) is 0 Å². The number of nitrogens with zero attached hydrogens (tertiary/aromatic N) is 2. The predicted octanol–water partition coefficient (Wildman–Crippen LogP) is 8.07. The molecule has 0 aliphatic carbocycles. The lowest BCUT2D eigenvalue weighted by Gasteiger charge is -2.29. The minimum atomic E-state index is -4.30. The average molecular weight is 706 g/mol. The number of carboxylic acid groups (broad SMARTS) is 1. The monoisotopic (exact) mass is 705 g/mol. The van der Waals surface area contributed by atoms with Crippen LogP contribution in [-0.2, 0) is 14.9 Å². The number of anilines is 1. The molecule has 2 aromatic carbocycles. The van der Waals surface area contributed by atoms with Gasteiger partial charge in [0.2, 0.25) is 17.3 Å². The van der Waals surface area contributed by atoms with Crippen molar-refractivity contribution in [1.82, 2.24) is 0 Å². The van der Waals surface area contributed by atoms with Gasteiger partial charge in [0.15, 0.2) is 11.6 Å². The summed E-state index contributed by atoms with van der Waals surface area (Å²) in [5.74, 6) is -7.37. The molecule has 264 valence electrons. The van der Waals surface area contributed by atoms with Crippen LogP contribution in [0.25, 0.3) is 11.1 Å². The summed E-state index contributed by atoms with van der Waals surface area (Å²) >= 11 is 0. The lowest BCUT2D eigenvalue weighted by molar-refractivity contribution is -0.439. The molecule has 0 radical (unpaired) electrons. The molecule has 8 nitrogen and oxygen atoms in total. The number of aliphatic carboxylic acids is 1. The number of fused-ring (bicyclic) bond motifs is 2. The molecule has 2 N–H and O–H groups in total. The Balaban J connectivity index is 1.86. The van der Waals surface area contributed by atoms with Crippen LogP contribution in [0.4, 0.5) is 28.9 Å². The summed E-state index contributed by atoms with van der Waals surface area (Å²) in [5, 5.41) is 9.00. The van der Waals surface area contributed by atoms with E-state index < -0.39 is 56.4 Å².